The van der Waals surface area contributed by atoms with Gasteiger partial charge in [-0.3, -0.25) is 4.79 Å². The minimum atomic E-state index is -4.41. The first-order chi connectivity index (χ1) is 16.6. The lowest BCUT2D eigenvalue weighted by molar-refractivity contribution is -0.139. The van der Waals surface area contributed by atoms with E-state index >= 15 is 0 Å². The zero-order valence-corrected chi connectivity index (χ0v) is 20.8. The molecule has 190 valence electrons. The Morgan fingerprint density at radius 1 is 1.17 bits per heavy atom. The molecular weight excluding hydrogens is 455 g/mol. The van der Waals surface area contributed by atoms with Crippen LogP contribution < -0.4 is 4.74 Å². The van der Waals surface area contributed by atoms with Crippen LogP contribution in [0.25, 0.3) is 10.9 Å². The molecule has 3 aromatic rings. The van der Waals surface area contributed by atoms with Gasteiger partial charge in [-0.25, -0.2) is 0 Å². The quantitative estimate of drug-likeness (QED) is 0.352. The molecule has 2 atom stereocenters. The molecule has 0 aliphatic heterocycles. The molecule has 0 saturated heterocycles. The smallest absolute Gasteiger partial charge is 0.416 e. The first kappa shape index (κ1) is 26.6. The van der Waals surface area contributed by atoms with E-state index < -0.39 is 17.7 Å². The Kier molecular flexibility index (Phi) is 8.51. The molecule has 1 aliphatic rings. The summed E-state index contributed by atoms with van der Waals surface area (Å²) in [6.07, 6.45) is -0.851. The van der Waals surface area contributed by atoms with E-state index in [-0.39, 0.29) is 24.9 Å². The summed E-state index contributed by atoms with van der Waals surface area (Å²) >= 11 is 0. The molecule has 0 bridgehead atoms. The van der Waals surface area contributed by atoms with Crippen LogP contribution in [0.2, 0.25) is 0 Å². The molecule has 0 saturated carbocycles. The largest absolute Gasteiger partial charge is 0.489 e. The zero-order chi connectivity index (χ0) is 25.8. The van der Waals surface area contributed by atoms with Gasteiger partial charge in [-0.1, -0.05) is 46.2 Å². The third-order valence-electron chi connectivity index (χ3n) is 6.45. The zero-order valence-electron chi connectivity index (χ0n) is 20.8. The van der Waals surface area contributed by atoms with Gasteiger partial charge in [-0.05, 0) is 66.1 Å². The minimum absolute atomic E-state index is 0.0240. The number of ether oxygens (including phenoxy) is 1. The highest BCUT2D eigenvalue weighted by molar-refractivity contribution is 5.87. The Balaban J connectivity index is 0.00000108. The number of H-pyrrole nitrogens is 1. The van der Waals surface area contributed by atoms with E-state index in [4.69, 9.17) is 9.84 Å². The molecule has 2 N–H and O–H groups in total. The number of nitrogens with one attached hydrogen (secondary N) is 1. The maximum absolute atomic E-state index is 13.6. The summed E-state index contributed by atoms with van der Waals surface area (Å²) in [7, 11) is 0. The van der Waals surface area contributed by atoms with Gasteiger partial charge < -0.3 is 14.8 Å². The number of hydrogen-bond acceptors (Lipinski definition) is 2. The highest BCUT2D eigenvalue weighted by atomic mass is 19.4. The highest BCUT2D eigenvalue weighted by Crippen LogP contribution is 2.41. The van der Waals surface area contributed by atoms with E-state index in [0.717, 1.165) is 35.0 Å². The second-order valence-corrected chi connectivity index (χ2v) is 9.28. The molecule has 4 rings (SSSR count). The number of carbonyl (C=O) groups is 1. The van der Waals surface area contributed by atoms with Crippen molar-refractivity contribution in [3.8, 4) is 5.75 Å². The monoisotopic (exact) mass is 489 g/mol. The van der Waals surface area contributed by atoms with Crippen molar-refractivity contribution in [1.82, 2.24) is 4.98 Å². The predicted octanol–water partition coefficient (Wildman–Crippen LogP) is 8.20. The Labute approximate surface area is 204 Å². The molecule has 4 nitrogen and oxygen atoms in total. The van der Waals surface area contributed by atoms with Gasteiger partial charge in [0.15, 0.2) is 0 Å². The van der Waals surface area contributed by atoms with Crippen molar-refractivity contribution in [2.75, 3.05) is 0 Å². The number of benzene rings is 2. The average Bonchev–Trinajstić information content (AvgIpc) is 3.36. The number of alkyl halides is 3. The van der Waals surface area contributed by atoms with Crippen molar-refractivity contribution in [3.63, 3.8) is 0 Å². The van der Waals surface area contributed by atoms with E-state index in [1.54, 1.807) is 25.1 Å². The normalized spacial score (nSPS) is 15.9. The average molecular weight is 490 g/mol. The Morgan fingerprint density at radius 2 is 1.89 bits per heavy atom. The number of halogens is 3. The topological polar surface area (TPSA) is 62.3 Å². The maximum atomic E-state index is 13.6. The number of aliphatic carboxylic acids is 1. The van der Waals surface area contributed by atoms with Gasteiger partial charge in [0, 0.05) is 22.5 Å². The molecule has 2 aromatic carbocycles. The number of fused-ring (bicyclic) bond motifs is 3. The van der Waals surface area contributed by atoms with Gasteiger partial charge in [-0.2, -0.15) is 13.2 Å². The van der Waals surface area contributed by atoms with Crippen LogP contribution in [0.4, 0.5) is 13.2 Å². The molecule has 7 heteroatoms. The van der Waals surface area contributed by atoms with Crippen LogP contribution >= 0.6 is 0 Å². The fraction of sp³-hybridized carbons (Fsp3) is 0.464. The highest BCUT2D eigenvalue weighted by Gasteiger charge is 2.34. The number of carboxylic acids is 1. The van der Waals surface area contributed by atoms with Crippen LogP contribution in [0, 0.1) is 0 Å². The Morgan fingerprint density at radius 3 is 2.51 bits per heavy atom. The molecule has 0 spiro atoms. The molecule has 0 amide bonds. The van der Waals surface area contributed by atoms with Crippen LogP contribution in [0.1, 0.15) is 93.2 Å². The maximum Gasteiger partial charge on any atom is 0.416 e. The number of carboxylic acid groups (broad SMARTS) is 1. The van der Waals surface area contributed by atoms with Gasteiger partial charge in [0.2, 0.25) is 0 Å². The number of aromatic amines is 1. The molecule has 0 radical (unpaired) electrons. The fourth-order valence-corrected chi connectivity index (χ4v) is 4.59. The molecule has 0 fully saturated rings. The van der Waals surface area contributed by atoms with Crippen molar-refractivity contribution in [3.05, 3.63) is 64.3 Å². The molecule has 35 heavy (non-hydrogen) atoms. The van der Waals surface area contributed by atoms with E-state index in [1.807, 2.05) is 19.1 Å². The fourth-order valence-electron chi connectivity index (χ4n) is 4.59. The summed E-state index contributed by atoms with van der Waals surface area (Å²) < 4.78 is 46.6. The van der Waals surface area contributed by atoms with Gasteiger partial charge in [0.1, 0.15) is 12.4 Å². The molecule has 1 aromatic heterocycles. The number of hydrogen-bond donors (Lipinski definition) is 2. The first-order valence-electron chi connectivity index (χ1n) is 12.3. The predicted molar refractivity (Wildman–Crippen MR) is 132 cm³/mol. The second kappa shape index (κ2) is 11.2. The van der Waals surface area contributed by atoms with Crippen molar-refractivity contribution in [2.24, 2.45) is 0 Å². The minimum Gasteiger partial charge on any atom is -0.489 e. The van der Waals surface area contributed by atoms with Crippen LogP contribution in [0.5, 0.6) is 5.75 Å². The van der Waals surface area contributed by atoms with Crippen molar-refractivity contribution in [1.29, 1.82) is 0 Å². The van der Waals surface area contributed by atoms with Crippen molar-refractivity contribution < 1.29 is 27.8 Å². The number of aromatic nitrogens is 1. The number of aryl methyl sites for hydroxylation is 1. The van der Waals surface area contributed by atoms with Crippen molar-refractivity contribution >= 4 is 16.9 Å². The number of rotatable bonds is 7. The molecule has 1 heterocycles. The van der Waals surface area contributed by atoms with Crippen LogP contribution in [-0.4, -0.2) is 16.1 Å². The third kappa shape index (κ3) is 6.19. The van der Waals surface area contributed by atoms with Gasteiger partial charge in [0.05, 0.1) is 12.0 Å². The Bertz CT molecular complexity index is 1170. The van der Waals surface area contributed by atoms with Gasteiger partial charge in [-0.15, -0.1) is 0 Å². The summed E-state index contributed by atoms with van der Waals surface area (Å²) in [5.41, 5.74) is 3.16. The molecule has 1 aliphatic carbocycles. The SMILES string of the molecule is CCC.CCC(C)c1ccc(COc2ccc3[nH]c4c(c3c2)CCC4CC(=O)O)cc1C(F)(F)F. The first-order valence-corrected chi connectivity index (χ1v) is 12.3. The van der Waals surface area contributed by atoms with Crippen LogP contribution in [-0.2, 0) is 24.0 Å². The third-order valence-corrected chi connectivity index (χ3v) is 6.45. The van der Waals surface area contributed by atoms with Crippen molar-refractivity contribution in [2.45, 2.75) is 84.4 Å². The summed E-state index contributed by atoms with van der Waals surface area (Å²) in [6, 6.07) is 9.96. The summed E-state index contributed by atoms with van der Waals surface area (Å²) in [6.45, 7) is 7.95. The molecular formula is C28H34F3NO3. The van der Waals surface area contributed by atoms with Crippen LogP contribution in [0.15, 0.2) is 36.4 Å². The Hall–Kier alpha value is -2.96. The van der Waals surface area contributed by atoms with Gasteiger partial charge in [0.25, 0.3) is 0 Å². The van der Waals surface area contributed by atoms with Crippen LogP contribution in [0.3, 0.4) is 0 Å². The standard InChI is InChI=1S/C25H26F3NO3.C3H8/c1-3-14(2)18-7-4-15(10-21(18)25(26,27)28)13-32-17-6-9-22-20(12-17)19-8-5-16(11-23(30)31)24(19)29-22;1-3-2/h4,6-7,9-10,12,14,16,29H,3,5,8,11,13H2,1-2H3,(H,30,31);3H2,1-2H3. The van der Waals surface area contributed by atoms with E-state index in [9.17, 15) is 18.0 Å². The lowest BCUT2D eigenvalue weighted by Gasteiger charge is -2.18. The van der Waals surface area contributed by atoms with E-state index in [1.165, 1.54) is 12.5 Å². The molecule has 2 unspecified atom stereocenters. The second-order valence-electron chi connectivity index (χ2n) is 9.28. The lowest BCUT2D eigenvalue weighted by Crippen LogP contribution is -2.12. The van der Waals surface area contributed by atoms with E-state index in [2.05, 4.69) is 18.8 Å². The van der Waals surface area contributed by atoms with Gasteiger partial charge >= 0.3 is 12.1 Å². The summed E-state index contributed by atoms with van der Waals surface area (Å²) in [5, 5.41) is 10.1. The summed E-state index contributed by atoms with van der Waals surface area (Å²) in [4.78, 5) is 14.4. The lowest BCUT2D eigenvalue weighted by atomic mass is 9.92. The van der Waals surface area contributed by atoms with E-state index in [0.29, 0.717) is 23.3 Å². The summed E-state index contributed by atoms with van der Waals surface area (Å²) in [5.74, 6) is -0.447.